The fourth-order valence-corrected chi connectivity index (χ4v) is 12.5. The van der Waals surface area contributed by atoms with Crippen molar-refractivity contribution in [2.75, 3.05) is 16.4 Å². The fraction of sp³-hybridized carbons (Fsp3) is 0.273. The lowest BCUT2D eigenvalue weighted by Gasteiger charge is -2.32. The number of hydrogen-bond donors (Lipinski definition) is 2. The molecule has 5 aromatic carbocycles. The maximum absolute atomic E-state index is 15.1. The molecule has 3 aliphatic rings. The quantitative estimate of drug-likeness (QED) is 0.134. The summed E-state index contributed by atoms with van der Waals surface area (Å²) in [6.07, 6.45) is 1.93. The summed E-state index contributed by atoms with van der Waals surface area (Å²) in [7, 11) is -2.90. The number of benzene rings is 5. The van der Waals surface area contributed by atoms with Gasteiger partial charge in [0.2, 0.25) is 0 Å². The molecule has 0 saturated carbocycles. The van der Waals surface area contributed by atoms with Crippen LogP contribution in [0.2, 0.25) is 18.6 Å². The van der Waals surface area contributed by atoms with Gasteiger partial charge < -0.3 is 19.5 Å². The molecule has 1 unspecified atom stereocenters. The predicted octanol–water partition coefficient (Wildman–Crippen LogP) is 8.04. The van der Waals surface area contributed by atoms with Gasteiger partial charge in [-0.15, -0.1) is 5.10 Å². The first-order valence-corrected chi connectivity index (χ1v) is 22.8. The Morgan fingerprint density at radius 1 is 0.929 bits per heavy atom. The summed E-state index contributed by atoms with van der Waals surface area (Å²) in [5.41, 5.74) is 4.72. The van der Waals surface area contributed by atoms with Crippen LogP contribution in [0.4, 0.5) is 17.1 Å². The third kappa shape index (κ3) is 5.85. The number of aliphatic hydroxyl groups is 1. The molecule has 284 valence electrons. The van der Waals surface area contributed by atoms with Crippen LogP contribution >= 0.6 is 15.9 Å². The van der Waals surface area contributed by atoms with Crippen LogP contribution in [0, 0.1) is 5.92 Å². The molecule has 1 aromatic heterocycles. The normalized spacial score (nSPS) is 22.1. The standard InChI is InChI=1S/C44H42BrN5O5Si/c1-27-41(56(2,3)54)39(20-21-48-25-36(46-47-48)34(26-51)29-11-5-4-6-12-29)55-44(27)35-23-31(45)18-19-37(35)49(43(44)53)24-28-10-7-15-32(22-28)50-38-17-9-14-30-13-8-16-33(40(30)38)42(50)52/h4-19,22-23,25,27,34,39,41,51,54H,20-21,24,26H2,1-3H3/t27-,34?,39+,41-,44+/m1/s1. The van der Waals surface area contributed by atoms with Crippen LogP contribution in [0.3, 0.4) is 0 Å². The van der Waals surface area contributed by atoms with Crippen molar-refractivity contribution in [3.8, 4) is 0 Å². The average Bonchev–Trinajstić information content (AvgIpc) is 3.91. The first-order chi connectivity index (χ1) is 27.0. The van der Waals surface area contributed by atoms with Crippen LogP contribution in [0.15, 0.2) is 120 Å². The summed E-state index contributed by atoms with van der Waals surface area (Å²) < 4.78 is 9.67. The maximum Gasteiger partial charge on any atom is 0.264 e. The van der Waals surface area contributed by atoms with Crippen LogP contribution in [-0.2, 0) is 28.2 Å². The van der Waals surface area contributed by atoms with Gasteiger partial charge in [0.15, 0.2) is 13.9 Å². The Hall–Kier alpha value is -4.98. The molecule has 5 atom stereocenters. The highest BCUT2D eigenvalue weighted by Crippen LogP contribution is 2.60. The molecule has 3 aliphatic heterocycles. The van der Waals surface area contributed by atoms with Crippen molar-refractivity contribution in [1.29, 1.82) is 0 Å². The number of nitrogens with zero attached hydrogens (tertiary/aromatic N) is 5. The zero-order valence-corrected chi connectivity index (χ0v) is 33.9. The van der Waals surface area contributed by atoms with Crippen LogP contribution in [0.25, 0.3) is 10.8 Å². The third-order valence-corrected chi connectivity index (χ3v) is 14.9. The Kier molecular flexibility index (Phi) is 9.09. The molecule has 12 heteroatoms. The zero-order valence-electron chi connectivity index (χ0n) is 31.3. The van der Waals surface area contributed by atoms with Crippen LogP contribution in [0.5, 0.6) is 0 Å². The second-order valence-electron chi connectivity index (χ2n) is 15.7. The van der Waals surface area contributed by atoms with Gasteiger partial charge in [0.05, 0.1) is 47.8 Å². The highest BCUT2D eigenvalue weighted by Gasteiger charge is 2.66. The minimum atomic E-state index is -2.90. The number of aromatic nitrogens is 3. The van der Waals surface area contributed by atoms with E-state index in [9.17, 15) is 14.7 Å². The lowest BCUT2D eigenvalue weighted by atomic mass is 9.82. The number of aliphatic hydroxyl groups excluding tert-OH is 1. The minimum Gasteiger partial charge on any atom is -0.432 e. The van der Waals surface area contributed by atoms with Crippen molar-refractivity contribution < 1.29 is 24.2 Å². The van der Waals surface area contributed by atoms with Crippen LogP contribution < -0.4 is 9.80 Å². The van der Waals surface area contributed by atoms with Crippen molar-refractivity contribution >= 4 is 63.9 Å². The molecule has 0 bridgehead atoms. The molecular weight excluding hydrogens is 787 g/mol. The van der Waals surface area contributed by atoms with Gasteiger partial charge in [-0.3, -0.25) is 19.2 Å². The molecule has 1 saturated heterocycles. The van der Waals surface area contributed by atoms with Crippen molar-refractivity contribution in [1.82, 2.24) is 15.0 Å². The first-order valence-electron chi connectivity index (χ1n) is 19.0. The van der Waals surface area contributed by atoms with E-state index in [1.165, 1.54) is 0 Å². The van der Waals surface area contributed by atoms with Gasteiger partial charge in [-0.05, 0) is 78.5 Å². The molecule has 1 fully saturated rings. The lowest BCUT2D eigenvalue weighted by Crippen LogP contribution is -2.46. The smallest absolute Gasteiger partial charge is 0.264 e. The molecule has 0 radical (unpaired) electrons. The Morgan fingerprint density at radius 2 is 1.70 bits per heavy atom. The van der Waals surface area contributed by atoms with Crippen molar-refractivity contribution in [2.24, 2.45) is 5.92 Å². The average molecular weight is 829 g/mol. The van der Waals surface area contributed by atoms with Gasteiger partial charge in [-0.1, -0.05) is 94.8 Å². The molecule has 2 amide bonds. The minimum absolute atomic E-state index is 0.0760. The number of anilines is 3. The van der Waals surface area contributed by atoms with E-state index in [4.69, 9.17) is 4.74 Å². The van der Waals surface area contributed by atoms with E-state index in [0.717, 1.165) is 49.0 Å². The molecule has 10 nitrogen and oxygen atoms in total. The van der Waals surface area contributed by atoms with Gasteiger partial charge in [-0.25, -0.2) is 0 Å². The first kappa shape index (κ1) is 36.6. The van der Waals surface area contributed by atoms with Crippen LogP contribution in [0.1, 0.15) is 52.0 Å². The topological polar surface area (TPSA) is 121 Å². The van der Waals surface area contributed by atoms with E-state index < -0.39 is 20.0 Å². The number of amides is 2. The molecule has 56 heavy (non-hydrogen) atoms. The lowest BCUT2D eigenvalue weighted by molar-refractivity contribution is -0.146. The number of carbonyl (C=O) groups excluding carboxylic acids is 2. The largest absolute Gasteiger partial charge is 0.432 e. The summed E-state index contributed by atoms with van der Waals surface area (Å²) in [5.74, 6) is -0.875. The van der Waals surface area contributed by atoms with Crippen LogP contribution in [-0.4, -0.2) is 57.7 Å². The van der Waals surface area contributed by atoms with E-state index in [0.29, 0.717) is 24.2 Å². The summed E-state index contributed by atoms with van der Waals surface area (Å²) in [4.78, 5) is 44.3. The Morgan fingerprint density at radius 3 is 2.46 bits per heavy atom. The summed E-state index contributed by atoms with van der Waals surface area (Å²) in [6.45, 7) is 6.51. The molecule has 0 aliphatic carbocycles. The van der Waals surface area contributed by atoms with Crippen molar-refractivity contribution in [3.05, 3.63) is 148 Å². The Balaban J connectivity index is 1.01. The van der Waals surface area contributed by atoms with Gasteiger partial charge >= 0.3 is 0 Å². The van der Waals surface area contributed by atoms with Gasteiger partial charge in [-0.2, -0.15) is 0 Å². The molecule has 6 aromatic rings. The summed E-state index contributed by atoms with van der Waals surface area (Å²) in [6, 6.07) is 35.2. The van der Waals surface area contributed by atoms with E-state index in [2.05, 4.69) is 26.2 Å². The number of carbonyl (C=O) groups is 2. The van der Waals surface area contributed by atoms with Gasteiger partial charge in [0, 0.05) is 45.3 Å². The third-order valence-electron chi connectivity index (χ3n) is 12.0. The van der Waals surface area contributed by atoms with Gasteiger partial charge in [0.1, 0.15) is 0 Å². The van der Waals surface area contributed by atoms with Gasteiger partial charge in [0.25, 0.3) is 11.8 Å². The molecule has 9 rings (SSSR count). The van der Waals surface area contributed by atoms with E-state index in [1.807, 2.05) is 135 Å². The number of aryl methyl sites for hydroxylation is 1. The van der Waals surface area contributed by atoms with Crippen molar-refractivity contribution in [2.45, 2.75) is 62.7 Å². The number of ether oxygens (including phenoxy) is 1. The predicted molar refractivity (Wildman–Crippen MR) is 221 cm³/mol. The van der Waals surface area contributed by atoms with E-state index >= 15 is 4.79 Å². The van der Waals surface area contributed by atoms with E-state index in [1.54, 1.807) is 14.5 Å². The fourth-order valence-electron chi connectivity index (χ4n) is 9.52. The second-order valence-corrected chi connectivity index (χ2v) is 20.6. The van der Waals surface area contributed by atoms with Crippen molar-refractivity contribution in [3.63, 3.8) is 0 Å². The molecule has 2 N–H and O–H groups in total. The summed E-state index contributed by atoms with van der Waals surface area (Å²) >= 11 is 3.67. The van der Waals surface area contributed by atoms with E-state index in [-0.39, 0.29) is 42.3 Å². The SMILES string of the molecule is C[C@@H]1[C@@H]([Si](C)(C)O)[C@H](CCn2cc(C(CO)c3ccccc3)nn2)O[C@@]12C(=O)N(Cc1cccc(N3C(=O)c4cccc5cccc3c45)c1)c1ccc(Br)cc12. The molecule has 4 heterocycles. The summed E-state index contributed by atoms with van der Waals surface area (Å²) in [5, 5.41) is 21.0. The highest BCUT2D eigenvalue weighted by molar-refractivity contribution is 9.10. The monoisotopic (exact) mass is 827 g/mol. The molecular formula is C44H42BrN5O5Si. The number of rotatable bonds is 10. The molecule has 1 spiro atoms. The zero-order chi connectivity index (χ0) is 38.9. The number of fused-ring (bicyclic) bond motifs is 2. The highest BCUT2D eigenvalue weighted by atomic mass is 79.9. The second kappa shape index (κ2) is 13.9. The number of halogens is 1. The Labute approximate surface area is 334 Å². The number of hydrogen-bond acceptors (Lipinski definition) is 7. The maximum atomic E-state index is 15.1. The Bertz CT molecular complexity index is 2500.